The summed E-state index contributed by atoms with van der Waals surface area (Å²) in [5, 5.41) is 4.17. The van der Waals surface area contributed by atoms with Crippen LogP contribution in [0.1, 0.15) is 32.3 Å². The van der Waals surface area contributed by atoms with Crippen molar-refractivity contribution in [2.24, 2.45) is 0 Å². The fourth-order valence-corrected chi connectivity index (χ4v) is 3.32. The van der Waals surface area contributed by atoms with Crippen molar-refractivity contribution in [3.05, 3.63) is 36.0 Å². The molecule has 1 fully saturated rings. The monoisotopic (exact) mass is 342 g/mol. The summed E-state index contributed by atoms with van der Waals surface area (Å²) >= 11 is 0. The molecule has 25 heavy (non-hydrogen) atoms. The normalized spacial score (nSPS) is 15.6. The third-order valence-corrected chi connectivity index (χ3v) is 4.70. The highest BCUT2D eigenvalue weighted by Crippen LogP contribution is 2.16. The van der Waals surface area contributed by atoms with Gasteiger partial charge in [0.25, 0.3) is 0 Å². The van der Waals surface area contributed by atoms with Crippen LogP contribution in [0.25, 0.3) is 10.9 Å². The summed E-state index contributed by atoms with van der Waals surface area (Å²) in [6.07, 6.45) is 3.46. The predicted molar refractivity (Wildman–Crippen MR) is 98.2 cm³/mol. The third-order valence-electron chi connectivity index (χ3n) is 4.70. The molecule has 2 N–H and O–H groups in total. The number of nitrogens with one attached hydrogen (secondary N) is 2. The molecule has 0 bridgehead atoms. The second kappa shape index (κ2) is 7.59. The van der Waals surface area contributed by atoms with E-state index in [0.29, 0.717) is 26.1 Å². The van der Waals surface area contributed by atoms with Gasteiger partial charge in [0.1, 0.15) is 0 Å². The van der Waals surface area contributed by atoms with E-state index in [1.54, 1.807) is 4.90 Å². The van der Waals surface area contributed by atoms with Crippen LogP contribution in [-0.4, -0.2) is 52.4 Å². The number of hydrogen-bond acceptors (Lipinski definition) is 2. The zero-order valence-electron chi connectivity index (χ0n) is 14.9. The lowest BCUT2D eigenvalue weighted by Gasteiger charge is -2.26. The van der Waals surface area contributed by atoms with Crippen molar-refractivity contribution in [3.63, 3.8) is 0 Å². The molecule has 0 aliphatic carbocycles. The molecule has 1 aromatic heterocycles. The summed E-state index contributed by atoms with van der Waals surface area (Å²) in [5.74, 6) is 0.188. The van der Waals surface area contributed by atoms with Crippen molar-refractivity contribution in [1.29, 1.82) is 0 Å². The Morgan fingerprint density at radius 1 is 1.40 bits per heavy atom. The van der Waals surface area contributed by atoms with Gasteiger partial charge in [0.2, 0.25) is 5.91 Å². The second-order valence-corrected chi connectivity index (χ2v) is 6.71. The van der Waals surface area contributed by atoms with E-state index in [1.165, 1.54) is 0 Å². The molecule has 0 spiro atoms. The first-order chi connectivity index (χ1) is 12.1. The fraction of sp³-hybridized carbons (Fsp3) is 0.474. The Kier molecular flexibility index (Phi) is 5.26. The molecule has 1 unspecified atom stereocenters. The number of aromatic nitrogens is 1. The van der Waals surface area contributed by atoms with Crippen LogP contribution in [0.4, 0.5) is 4.79 Å². The summed E-state index contributed by atoms with van der Waals surface area (Å²) in [6.45, 7) is 6.50. The van der Waals surface area contributed by atoms with E-state index >= 15 is 0 Å². The van der Waals surface area contributed by atoms with Gasteiger partial charge in [-0.2, -0.15) is 0 Å². The first kappa shape index (κ1) is 17.3. The van der Waals surface area contributed by atoms with E-state index in [0.717, 1.165) is 29.4 Å². The highest BCUT2D eigenvalue weighted by molar-refractivity contribution is 5.80. The van der Waals surface area contributed by atoms with Gasteiger partial charge in [-0.25, -0.2) is 4.79 Å². The minimum Gasteiger partial charge on any atom is -0.361 e. The number of fused-ring (bicyclic) bond motifs is 1. The molecule has 1 aromatic carbocycles. The number of carbonyl (C=O) groups excluding carboxylic acids is 2. The van der Waals surface area contributed by atoms with Gasteiger partial charge in [-0.1, -0.05) is 6.07 Å². The minimum absolute atomic E-state index is 0.0595. The van der Waals surface area contributed by atoms with E-state index in [-0.39, 0.29) is 18.0 Å². The summed E-state index contributed by atoms with van der Waals surface area (Å²) < 4.78 is 0. The number of amides is 3. The number of H-pyrrole nitrogens is 1. The lowest BCUT2D eigenvalue weighted by atomic mass is 10.1. The van der Waals surface area contributed by atoms with Gasteiger partial charge in [-0.3, -0.25) is 4.79 Å². The van der Waals surface area contributed by atoms with Gasteiger partial charge >= 0.3 is 6.03 Å². The van der Waals surface area contributed by atoms with Gasteiger partial charge in [0.05, 0.1) is 0 Å². The maximum absolute atomic E-state index is 12.6. The number of aromatic amines is 1. The molecule has 6 nitrogen and oxygen atoms in total. The van der Waals surface area contributed by atoms with E-state index < -0.39 is 0 Å². The Balaban J connectivity index is 1.57. The summed E-state index contributed by atoms with van der Waals surface area (Å²) in [6, 6.07) is 8.07. The maximum Gasteiger partial charge on any atom is 0.317 e. The summed E-state index contributed by atoms with van der Waals surface area (Å²) in [5.41, 5.74) is 2.20. The van der Waals surface area contributed by atoms with Gasteiger partial charge in [-0.05, 0) is 49.4 Å². The molecule has 3 amide bonds. The highest BCUT2D eigenvalue weighted by Gasteiger charge is 2.23. The minimum atomic E-state index is -0.0872. The largest absolute Gasteiger partial charge is 0.361 e. The van der Waals surface area contributed by atoms with Crippen LogP contribution in [0.15, 0.2) is 30.5 Å². The van der Waals surface area contributed by atoms with E-state index in [9.17, 15) is 9.59 Å². The molecule has 2 heterocycles. The van der Waals surface area contributed by atoms with E-state index in [1.807, 2.05) is 43.1 Å². The fourth-order valence-electron chi connectivity index (χ4n) is 3.32. The molecule has 1 saturated heterocycles. The van der Waals surface area contributed by atoms with Crippen LogP contribution in [0.5, 0.6) is 0 Å². The molecule has 3 rings (SSSR count). The SMILES string of the molecule is CCN(Cc1ccc2[nH]ccc2c1)C(=O)NC(C)CN1CCCC1=O. The zero-order valence-corrected chi connectivity index (χ0v) is 14.9. The molecule has 1 aliphatic heterocycles. The van der Waals surface area contributed by atoms with Crippen LogP contribution in [-0.2, 0) is 11.3 Å². The number of likely N-dealkylation sites (tertiary alicyclic amines) is 1. The molecule has 0 radical (unpaired) electrons. The Morgan fingerprint density at radius 2 is 2.24 bits per heavy atom. The van der Waals surface area contributed by atoms with Crippen molar-refractivity contribution >= 4 is 22.8 Å². The quantitative estimate of drug-likeness (QED) is 0.847. The average Bonchev–Trinajstić information content (AvgIpc) is 3.21. The first-order valence-electron chi connectivity index (χ1n) is 8.96. The predicted octanol–water partition coefficient (Wildman–Crippen LogP) is 2.71. The number of benzene rings is 1. The van der Waals surface area contributed by atoms with E-state index in [4.69, 9.17) is 0 Å². The molecule has 2 aromatic rings. The van der Waals surface area contributed by atoms with Crippen LogP contribution < -0.4 is 5.32 Å². The Bertz CT molecular complexity index is 755. The van der Waals surface area contributed by atoms with Crippen molar-refractivity contribution in [2.75, 3.05) is 19.6 Å². The van der Waals surface area contributed by atoms with Crippen LogP contribution in [0.3, 0.4) is 0 Å². The number of carbonyl (C=O) groups is 2. The van der Waals surface area contributed by atoms with Crippen molar-refractivity contribution in [3.8, 4) is 0 Å². The lowest BCUT2D eigenvalue weighted by molar-refractivity contribution is -0.127. The summed E-state index contributed by atoms with van der Waals surface area (Å²) in [7, 11) is 0. The zero-order chi connectivity index (χ0) is 17.8. The van der Waals surface area contributed by atoms with E-state index in [2.05, 4.69) is 16.4 Å². The van der Waals surface area contributed by atoms with Gasteiger partial charge in [0.15, 0.2) is 0 Å². The third kappa shape index (κ3) is 4.13. The molecular weight excluding hydrogens is 316 g/mol. The van der Waals surface area contributed by atoms with Gasteiger partial charge in [0, 0.05) is 50.4 Å². The number of hydrogen-bond donors (Lipinski definition) is 2. The molecule has 6 heteroatoms. The second-order valence-electron chi connectivity index (χ2n) is 6.71. The Hall–Kier alpha value is -2.50. The van der Waals surface area contributed by atoms with Crippen molar-refractivity contribution in [1.82, 2.24) is 20.1 Å². The average molecular weight is 342 g/mol. The standard InChI is InChI=1S/C19H26N4O2/c1-3-22(13-15-6-7-17-16(11-15)8-9-20-17)19(25)21-14(2)12-23-10-4-5-18(23)24/h6-9,11,14,20H,3-5,10,12-13H2,1-2H3,(H,21,25). The molecule has 0 saturated carbocycles. The molecular formula is C19H26N4O2. The van der Waals surface area contributed by atoms with Gasteiger partial charge in [-0.15, -0.1) is 0 Å². The highest BCUT2D eigenvalue weighted by atomic mass is 16.2. The lowest BCUT2D eigenvalue weighted by Crippen LogP contribution is -2.47. The maximum atomic E-state index is 12.6. The number of urea groups is 1. The Labute approximate surface area is 148 Å². The molecule has 1 aliphatic rings. The Morgan fingerprint density at radius 3 is 2.96 bits per heavy atom. The van der Waals surface area contributed by atoms with Crippen LogP contribution >= 0.6 is 0 Å². The number of rotatable bonds is 6. The van der Waals surface area contributed by atoms with Crippen molar-refractivity contribution in [2.45, 2.75) is 39.3 Å². The topological polar surface area (TPSA) is 68.4 Å². The first-order valence-corrected chi connectivity index (χ1v) is 8.96. The van der Waals surface area contributed by atoms with Crippen LogP contribution in [0, 0.1) is 0 Å². The summed E-state index contributed by atoms with van der Waals surface area (Å²) in [4.78, 5) is 31.1. The van der Waals surface area contributed by atoms with Crippen molar-refractivity contribution < 1.29 is 9.59 Å². The molecule has 1 atom stereocenters. The number of nitrogens with zero attached hydrogens (tertiary/aromatic N) is 2. The van der Waals surface area contributed by atoms with Gasteiger partial charge < -0.3 is 20.1 Å². The van der Waals surface area contributed by atoms with Crippen LogP contribution in [0.2, 0.25) is 0 Å². The molecule has 134 valence electrons. The smallest absolute Gasteiger partial charge is 0.317 e.